The summed E-state index contributed by atoms with van der Waals surface area (Å²) in [4.78, 5) is 25.1. The fraction of sp³-hybridized carbons (Fsp3) is 0.286. The average Bonchev–Trinajstić information content (AvgIpc) is 2.88. The van der Waals surface area contributed by atoms with E-state index in [1.165, 1.54) is 12.8 Å². The lowest BCUT2D eigenvalue weighted by Crippen LogP contribution is -2.41. The zero-order chi connectivity index (χ0) is 24.0. The van der Waals surface area contributed by atoms with Gasteiger partial charge in [-0.2, -0.15) is 0 Å². The molecule has 0 aliphatic rings. The van der Waals surface area contributed by atoms with Crippen LogP contribution in [0.25, 0.3) is 0 Å². The maximum absolute atomic E-state index is 12.7. The summed E-state index contributed by atoms with van der Waals surface area (Å²) in [5, 5.41) is 0. The van der Waals surface area contributed by atoms with Crippen LogP contribution < -0.4 is 20.3 Å². The van der Waals surface area contributed by atoms with Crippen molar-refractivity contribution in [1.29, 1.82) is 0 Å². The van der Waals surface area contributed by atoms with E-state index < -0.39 is 11.8 Å². The first kappa shape index (κ1) is 24.8. The lowest BCUT2D eigenvalue weighted by molar-refractivity contribution is 0.0844. The highest BCUT2D eigenvalue weighted by Crippen LogP contribution is 2.18. The fourth-order valence-corrected chi connectivity index (χ4v) is 3.38. The molecular weight excluding hydrogens is 428 g/mol. The van der Waals surface area contributed by atoms with E-state index in [4.69, 9.17) is 9.47 Å². The Morgan fingerprint density at radius 2 is 1.41 bits per heavy atom. The number of carbonyl (C=O) groups excluding carboxylic acids is 2. The molecule has 6 heteroatoms. The minimum atomic E-state index is -0.448. The number of para-hydroxylation sites is 1. The number of ether oxygens (including phenoxy) is 2. The van der Waals surface area contributed by atoms with Crippen molar-refractivity contribution in [2.24, 2.45) is 0 Å². The minimum absolute atomic E-state index is 0.350. The van der Waals surface area contributed by atoms with Gasteiger partial charge in [-0.25, -0.2) is 0 Å². The summed E-state index contributed by atoms with van der Waals surface area (Å²) < 4.78 is 11.5. The first-order chi connectivity index (χ1) is 16.7. The van der Waals surface area contributed by atoms with Crippen molar-refractivity contribution in [3.63, 3.8) is 0 Å². The normalized spacial score (nSPS) is 10.4. The SMILES string of the molecule is CCCCCCOc1ccc(C(=O)NNC(=O)c2ccccc2OCCc2ccccc2)cc1. The van der Waals surface area contributed by atoms with E-state index in [1.807, 2.05) is 30.3 Å². The van der Waals surface area contributed by atoms with Gasteiger partial charge in [-0.3, -0.25) is 20.4 Å². The minimum Gasteiger partial charge on any atom is -0.494 e. The van der Waals surface area contributed by atoms with Crippen molar-refractivity contribution >= 4 is 11.8 Å². The zero-order valence-electron chi connectivity index (χ0n) is 19.6. The fourth-order valence-electron chi connectivity index (χ4n) is 3.38. The van der Waals surface area contributed by atoms with E-state index in [9.17, 15) is 9.59 Å². The van der Waals surface area contributed by atoms with Gasteiger partial charge in [-0.05, 0) is 48.4 Å². The predicted octanol–water partition coefficient (Wildman–Crippen LogP) is 5.34. The number of carbonyl (C=O) groups is 2. The number of amides is 2. The highest BCUT2D eigenvalue weighted by molar-refractivity contribution is 6.00. The molecule has 3 rings (SSSR count). The first-order valence-electron chi connectivity index (χ1n) is 11.8. The summed E-state index contributed by atoms with van der Waals surface area (Å²) in [5.41, 5.74) is 6.85. The number of benzene rings is 3. The van der Waals surface area contributed by atoms with E-state index >= 15 is 0 Å². The molecule has 0 aromatic heterocycles. The lowest BCUT2D eigenvalue weighted by Gasteiger charge is -2.12. The van der Waals surface area contributed by atoms with Crippen LogP contribution in [0.3, 0.4) is 0 Å². The monoisotopic (exact) mass is 460 g/mol. The van der Waals surface area contributed by atoms with Crippen LogP contribution >= 0.6 is 0 Å². The molecule has 178 valence electrons. The van der Waals surface area contributed by atoms with Gasteiger partial charge in [0.2, 0.25) is 0 Å². The van der Waals surface area contributed by atoms with Crippen LogP contribution in [0.15, 0.2) is 78.9 Å². The van der Waals surface area contributed by atoms with Crippen LogP contribution in [0.1, 0.15) is 58.9 Å². The highest BCUT2D eigenvalue weighted by atomic mass is 16.5. The number of unbranched alkanes of at least 4 members (excludes halogenated alkanes) is 3. The molecule has 34 heavy (non-hydrogen) atoms. The van der Waals surface area contributed by atoms with Crippen LogP contribution in [0.4, 0.5) is 0 Å². The quantitative estimate of drug-likeness (QED) is 0.282. The van der Waals surface area contributed by atoms with Gasteiger partial charge in [0.1, 0.15) is 11.5 Å². The second kappa shape index (κ2) is 13.7. The average molecular weight is 461 g/mol. The van der Waals surface area contributed by atoms with E-state index in [-0.39, 0.29) is 0 Å². The molecule has 6 nitrogen and oxygen atoms in total. The molecule has 0 unspecified atom stereocenters. The Balaban J connectivity index is 1.47. The Bertz CT molecular complexity index is 1040. The first-order valence-corrected chi connectivity index (χ1v) is 11.8. The zero-order valence-corrected chi connectivity index (χ0v) is 19.6. The van der Waals surface area contributed by atoms with Crippen LogP contribution in [0, 0.1) is 0 Å². The Morgan fingerprint density at radius 3 is 2.18 bits per heavy atom. The summed E-state index contributed by atoms with van der Waals surface area (Å²) in [5.74, 6) is 0.324. The van der Waals surface area contributed by atoms with Crippen molar-refractivity contribution in [3.05, 3.63) is 95.6 Å². The van der Waals surface area contributed by atoms with Gasteiger partial charge in [0.25, 0.3) is 11.8 Å². The van der Waals surface area contributed by atoms with Crippen LogP contribution in [0.2, 0.25) is 0 Å². The van der Waals surface area contributed by atoms with Crippen LogP contribution in [0.5, 0.6) is 11.5 Å². The van der Waals surface area contributed by atoms with Crippen LogP contribution in [-0.2, 0) is 6.42 Å². The Labute approximate surface area is 201 Å². The largest absolute Gasteiger partial charge is 0.494 e. The molecule has 0 saturated heterocycles. The van der Waals surface area contributed by atoms with Crippen LogP contribution in [-0.4, -0.2) is 25.0 Å². The molecule has 0 aliphatic heterocycles. The van der Waals surface area contributed by atoms with E-state index in [2.05, 4.69) is 17.8 Å². The van der Waals surface area contributed by atoms with Crippen molar-refractivity contribution < 1.29 is 19.1 Å². The third kappa shape index (κ3) is 7.96. The molecule has 2 N–H and O–H groups in total. The molecule has 0 spiro atoms. The topological polar surface area (TPSA) is 76.7 Å². The van der Waals surface area contributed by atoms with Gasteiger partial charge in [0.15, 0.2) is 0 Å². The third-order valence-electron chi connectivity index (χ3n) is 5.30. The molecule has 3 aromatic carbocycles. The van der Waals surface area contributed by atoms with Crippen molar-refractivity contribution in [3.8, 4) is 11.5 Å². The molecule has 0 heterocycles. The number of nitrogens with one attached hydrogen (secondary N) is 2. The molecule has 0 bridgehead atoms. The van der Waals surface area contributed by atoms with Gasteiger partial charge in [0, 0.05) is 12.0 Å². The number of rotatable bonds is 12. The summed E-state index contributed by atoms with van der Waals surface area (Å²) in [6, 6.07) is 23.8. The summed E-state index contributed by atoms with van der Waals surface area (Å²) in [6.07, 6.45) is 5.29. The van der Waals surface area contributed by atoms with Gasteiger partial charge >= 0.3 is 0 Å². The van der Waals surface area contributed by atoms with Gasteiger partial charge in [0.05, 0.1) is 18.8 Å². The molecule has 0 saturated carbocycles. The van der Waals surface area contributed by atoms with Crippen molar-refractivity contribution in [1.82, 2.24) is 10.9 Å². The van der Waals surface area contributed by atoms with E-state index in [0.29, 0.717) is 30.1 Å². The highest BCUT2D eigenvalue weighted by Gasteiger charge is 2.14. The summed E-state index contributed by atoms with van der Waals surface area (Å²) in [6.45, 7) is 3.27. The van der Waals surface area contributed by atoms with Gasteiger partial charge < -0.3 is 9.47 Å². The molecule has 3 aromatic rings. The predicted molar refractivity (Wildman–Crippen MR) is 133 cm³/mol. The molecule has 0 radical (unpaired) electrons. The standard InChI is InChI=1S/C28H32N2O4/c1-2-3-4-10-20-33-24-17-15-23(16-18-24)27(31)29-30-28(32)25-13-8-9-14-26(25)34-21-19-22-11-6-5-7-12-22/h5-9,11-18H,2-4,10,19-21H2,1H3,(H,29,31)(H,30,32). The maximum Gasteiger partial charge on any atom is 0.273 e. The summed E-state index contributed by atoms with van der Waals surface area (Å²) in [7, 11) is 0. The smallest absolute Gasteiger partial charge is 0.273 e. The van der Waals surface area contributed by atoms with E-state index in [0.717, 1.165) is 30.6 Å². The maximum atomic E-state index is 12.7. The molecule has 2 amide bonds. The Morgan fingerprint density at radius 1 is 0.706 bits per heavy atom. The molecule has 0 aliphatic carbocycles. The van der Waals surface area contributed by atoms with Gasteiger partial charge in [-0.1, -0.05) is 68.7 Å². The van der Waals surface area contributed by atoms with Crippen molar-refractivity contribution in [2.45, 2.75) is 39.0 Å². The Kier molecular flexibility index (Phi) is 9.99. The Hall–Kier alpha value is -3.80. The number of hydrogen-bond donors (Lipinski definition) is 2. The van der Waals surface area contributed by atoms with Gasteiger partial charge in [-0.15, -0.1) is 0 Å². The van der Waals surface area contributed by atoms with E-state index in [1.54, 1.807) is 48.5 Å². The number of hydrogen-bond acceptors (Lipinski definition) is 4. The second-order valence-corrected chi connectivity index (χ2v) is 7.92. The summed E-state index contributed by atoms with van der Waals surface area (Å²) >= 11 is 0. The third-order valence-corrected chi connectivity index (χ3v) is 5.30. The number of hydrazine groups is 1. The lowest BCUT2D eigenvalue weighted by atomic mass is 10.1. The molecule has 0 fully saturated rings. The van der Waals surface area contributed by atoms with Crippen molar-refractivity contribution in [2.75, 3.05) is 13.2 Å². The molecule has 0 atom stereocenters. The molecular formula is C28H32N2O4. The second-order valence-electron chi connectivity index (χ2n) is 7.92.